The van der Waals surface area contributed by atoms with Gasteiger partial charge < -0.3 is 14.6 Å². The number of benzene rings is 2. The molecule has 0 aromatic heterocycles. The summed E-state index contributed by atoms with van der Waals surface area (Å²) in [5, 5.41) is 13.2. The van der Waals surface area contributed by atoms with Gasteiger partial charge in [-0.2, -0.15) is 9.41 Å². The number of carboxylic acid groups (broad SMARTS) is 1. The summed E-state index contributed by atoms with van der Waals surface area (Å²) in [7, 11) is -2.45. The first-order valence-corrected chi connectivity index (χ1v) is 12.9. The number of hydrogen-bond acceptors (Lipinski definition) is 7. The molecule has 1 saturated heterocycles. The summed E-state index contributed by atoms with van der Waals surface area (Å²) in [5.41, 5.74) is 2.96. The number of methoxy groups -OCH3 is 1. The van der Waals surface area contributed by atoms with Gasteiger partial charge in [-0.1, -0.05) is 11.6 Å². The topological polar surface area (TPSA) is 135 Å². The summed E-state index contributed by atoms with van der Waals surface area (Å²) in [6, 6.07) is 8.13. The number of amides is 1. The van der Waals surface area contributed by atoms with E-state index in [2.05, 4.69) is 10.5 Å². The van der Waals surface area contributed by atoms with Gasteiger partial charge in [0.15, 0.2) is 18.1 Å². The molecule has 1 aliphatic rings. The van der Waals surface area contributed by atoms with Gasteiger partial charge in [0.2, 0.25) is 10.0 Å². The molecule has 1 aliphatic heterocycles. The van der Waals surface area contributed by atoms with Crippen LogP contribution in [0, 0.1) is 3.57 Å². The van der Waals surface area contributed by atoms with Crippen molar-refractivity contribution < 1.29 is 32.6 Å². The summed E-state index contributed by atoms with van der Waals surface area (Å²) in [6.07, 6.45) is 2.29. The number of hydrogen-bond donors (Lipinski definition) is 2. The van der Waals surface area contributed by atoms with Crippen LogP contribution in [0.3, 0.4) is 0 Å². The normalized spacial score (nSPS) is 16.5. The number of nitrogens with zero attached hydrogens (tertiary/aromatic N) is 2. The Bertz CT molecular complexity index is 1210. The van der Waals surface area contributed by atoms with E-state index in [0.29, 0.717) is 32.7 Å². The number of ether oxygens (including phenoxy) is 2. The molecule has 2 N–H and O–H groups in total. The molecular weight excluding hydrogens is 601 g/mol. The number of carbonyl (C=O) groups is 2. The van der Waals surface area contributed by atoms with Crippen LogP contribution in [-0.2, 0) is 19.6 Å². The first kappa shape index (κ1) is 26.2. The predicted molar refractivity (Wildman–Crippen MR) is 133 cm³/mol. The third-order valence-electron chi connectivity index (χ3n) is 4.91. The van der Waals surface area contributed by atoms with E-state index in [9.17, 15) is 18.0 Å². The Morgan fingerprint density at radius 2 is 2.03 bits per heavy atom. The van der Waals surface area contributed by atoms with Crippen LogP contribution < -0.4 is 14.9 Å². The Morgan fingerprint density at radius 3 is 2.68 bits per heavy atom. The lowest BCUT2D eigenvalue weighted by Gasteiger charge is -2.22. The Hall–Kier alpha value is -2.42. The second-order valence-electron chi connectivity index (χ2n) is 7.18. The van der Waals surface area contributed by atoms with Crippen molar-refractivity contribution in [3.8, 4) is 11.5 Å². The minimum atomic E-state index is -3.87. The lowest BCUT2D eigenvalue weighted by Crippen LogP contribution is -2.44. The molecule has 1 heterocycles. The van der Waals surface area contributed by atoms with E-state index >= 15 is 0 Å². The van der Waals surface area contributed by atoms with Gasteiger partial charge in [0.25, 0.3) is 5.91 Å². The van der Waals surface area contributed by atoms with Crippen molar-refractivity contribution in [1.29, 1.82) is 0 Å². The maximum Gasteiger partial charge on any atom is 0.341 e. The molecule has 34 heavy (non-hydrogen) atoms. The molecule has 0 unspecified atom stereocenters. The van der Waals surface area contributed by atoms with E-state index in [4.69, 9.17) is 26.2 Å². The molecule has 0 saturated carbocycles. The van der Waals surface area contributed by atoms with Crippen LogP contribution >= 0.6 is 34.2 Å². The summed E-state index contributed by atoms with van der Waals surface area (Å²) < 4.78 is 38.2. The number of nitrogens with one attached hydrogen (secondary N) is 1. The molecule has 2 aromatic rings. The maximum atomic E-state index is 13.0. The van der Waals surface area contributed by atoms with Gasteiger partial charge in [-0.3, -0.25) is 4.79 Å². The summed E-state index contributed by atoms with van der Waals surface area (Å²) >= 11 is 7.81. The van der Waals surface area contributed by atoms with E-state index < -0.39 is 34.5 Å². The molecule has 10 nitrogen and oxygen atoms in total. The predicted octanol–water partition coefficient (Wildman–Crippen LogP) is 2.72. The van der Waals surface area contributed by atoms with E-state index in [-0.39, 0.29) is 17.2 Å². The smallest absolute Gasteiger partial charge is 0.341 e. The highest BCUT2D eigenvalue weighted by Gasteiger charge is 2.39. The fourth-order valence-corrected chi connectivity index (χ4v) is 5.93. The number of hydrazone groups is 1. The van der Waals surface area contributed by atoms with Crippen LogP contribution in [0.5, 0.6) is 11.5 Å². The van der Waals surface area contributed by atoms with Crippen LogP contribution in [0.1, 0.15) is 18.4 Å². The maximum absolute atomic E-state index is 13.0. The van der Waals surface area contributed by atoms with E-state index in [0.717, 1.165) is 0 Å². The molecule has 1 amide bonds. The SMILES string of the molecule is COc1cc(/C=N\NC(=O)[C@H]2CCCN2S(=O)(=O)c2ccc(Cl)cc2)cc(I)c1OCC(=O)O. The van der Waals surface area contributed by atoms with E-state index in [1.165, 1.54) is 41.9 Å². The fourth-order valence-electron chi connectivity index (χ4n) is 3.37. The molecule has 13 heteroatoms. The summed E-state index contributed by atoms with van der Waals surface area (Å²) in [6.45, 7) is -0.299. The van der Waals surface area contributed by atoms with E-state index in [1.807, 2.05) is 22.6 Å². The van der Waals surface area contributed by atoms with Crippen molar-refractivity contribution >= 4 is 62.3 Å². The number of carboxylic acids is 1. The van der Waals surface area contributed by atoms with Gasteiger partial charge in [0, 0.05) is 11.6 Å². The molecule has 1 fully saturated rings. The summed E-state index contributed by atoms with van der Waals surface area (Å²) in [4.78, 5) is 23.5. The van der Waals surface area contributed by atoms with Crippen molar-refractivity contribution in [1.82, 2.24) is 9.73 Å². The molecule has 1 atom stereocenters. The molecule has 0 bridgehead atoms. The average molecular weight is 622 g/mol. The van der Waals surface area contributed by atoms with E-state index in [1.54, 1.807) is 12.1 Å². The lowest BCUT2D eigenvalue weighted by atomic mass is 10.2. The molecule has 182 valence electrons. The van der Waals surface area contributed by atoms with Gasteiger partial charge in [-0.05, 0) is 77.4 Å². The average Bonchev–Trinajstić information content (AvgIpc) is 3.29. The lowest BCUT2D eigenvalue weighted by molar-refractivity contribution is -0.139. The van der Waals surface area contributed by atoms with Crippen LogP contribution in [0.15, 0.2) is 46.4 Å². The third kappa shape index (κ3) is 6.17. The third-order valence-corrected chi connectivity index (χ3v) is 7.88. The van der Waals surface area contributed by atoms with Crippen LogP contribution in [0.25, 0.3) is 0 Å². The number of halogens is 2. The molecular formula is C21H21ClIN3O7S. The number of rotatable bonds is 9. The van der Waals surface area contributed by atoms with Crippen LogP contribution in [-0.4, -0.2) is 62.2 Å². The van der Waals surface area contributed by atoms with Gasteiger partial charge in [0.1, 0.15) is 6.04 Å². The second kappa shape index (κ2) is 11.3. The van der Waals surface area contributed by atoms with Crippen molar-refractivity contribution in [2.24, 2.45) is 5.10 Å². The molecule has 3 rings (SSSR count). The highest BCUT2D eigenvalue weighted by Crippen LogP contribution is 2.33. The van der Waals surface area contributed by atoms with Crippen LogP contribution in [0.2, 0.25) is 5.02 Å². The molecule has 0 radical (unpaired) electrons. The quantitative estimate of drug-likeness (QED) is 0.250. The number of carbonyl (C=O) groups excluding carboxylic acids is 1. The first-order chi connectivity index (χ1) is 16.1. The zero-order chi connectivity index (χ0) is 24.9. The minimum Gasteiger partial charge on any atom is -0.493 e. The number of aliphatic carboxylic acids is 1. The highest BCUT2D eigenvalue weighted by molar-refractivity contribution is 14.1. The van der Waals surface area contributed by atoms with Gasteiger partial charge in [0.05, 0.1) is 21.8 Å². The van der Waals surface area contributed by atoms with Crippen molar-refractivity contribution in [3.05, 3.63) is 50.6 Å². The van der Waals surface area contributed by atoms with Gasteiger partial charge in [-0.15, -0.1) is 0 Å². The first-order valence-electron chi connectivity index (χ1n) is 9.96. The Balaban J connectivity index is 1.71. The molecule has 2 aromatic carbocycles. The Morgan fingerprint density at radius 1 is 1.32 bits per heavy atom. The van der Waals surface area contributed by atoms with Crippen LogP contribution in [0.4, 0.5) is 0 Å². The van der Waals surface area contributed by atoms with Gasteiger partial charge >= 0.3 is 5.97 Å². The Kier molecular flexibility index (Phi) is 8.73. The Labute approximate surface area is 215 Å². The van der Waals surface area contributed by atoms with Crippen molar-refractivity contribution in [2.45, 2.75) is 23.8 Å². The molecule has 0 spiro atoms. The zero-order valence-electron chi connectivity index (χ0n) is 17.9. The number of sulfonamides is 1. The second-order valence-corrected chi connectivity index (χ2v) is 10.7. The van der Waals surface area contributed by atoms with Crippen molar-refractivity contribution in [3.63, 3.8) is 0 Å². The minimum absolute atomic E-state index is 0.0620. The van der Waals surface area contributed by atoms with Gasteiger partial charge in [-0.25, -0.2) is 18.6 Å². The summed E-state index contributed by atoms with van der Waals surface area (Å²) in [5.74, 6) is -1.09. The zero-order valence-corrected chi connectivity index (χ0v) is 21.6. The molecule has 0 aliphatic carbocycles. The fraction of sp³-hybridized carbons (Fsp3) is 0.286. The monoisotopic (exact) mass is 621 g/mol. The standard InChI is InChI=1S/C21H21ClIN3O7S/c1-32-18-10-13(9-16(23)20(18)33-12-19(27)28)11-24-25-21(29)17-3-2-8-26(17)34(30,31)15-6-4-14(22)5-7-15/h4-7,9-11,17H,2-3,8,12H2,1H3,(H,25,29)(H,27,28)/b24-11-/t17-/m1/s1. The van der Waals surface area contributed by atoms with Crippen molar-refractivity contribution in [2.75, 3.05) is 20.3 Å². The largest absolute Gasteiger partial charge is 0.493 e. The highest BCUT2D eigenvalue weighted by atomic mass is 127.